The van der Waals surface area contributed by atoms with Gasteiger partial charge in [-0.1, -0.05) is 30.3 Å². The number of H-pyrrole nitrogens is 1. The largest absolute Gasteiger partial charge is 0.353 e. The number of rotatable bonds is 5. The molecule has 3 aromatic rings. The lowest BCUT2D eigenvalue weighted by Crippen LogP contribution is -2.53. The number of pyridine rings is 1. The van der Waals surface area contributed by atoms with Crippen molar-refractivity contribution in [2.45, 2.75) is 37.6 Å². The van der Waals surface area contributed by atoms with Gasteiger partial charge in [0.2, 0.25) is 0 Å². The minimum Gasteiger partial charge on any atom is -0.353 e. The summed E-state index contributed by atoms with van der Waals surface area (Å²) >= 11 is 6.54. The minimum absolute atomic E-state index is 0.143. The van der Waals surface area contributed by atoms with Crippen molar-refractivity contribution in [3.8, 4) is 5.69 Å². The number of nitrogens with zero attached hydrogens (tertiary/aromatic N) is 3. The highest BCUT2D eigenvalue weighted by Crippen LogP contribution is 2.69. The number of aromatic nitrogens is 2. The maximum Gasteiger partial charge on any atom is 0.279 e. The number of aromatic amines is 1. The highest BCUT2D eigenvalue weighted by molar-refractivity contribution is 6.35. The fourth-order valence-electron chi connectivity index (χ4n) is 5.53. The van der Waals surface area contributed by atoms with Gasteiger partial charge in [0.25, 0.3) is 5.56 Å². The van der Waals surface area contributed by atoms with Crippen LogP contribution in [0.15, 0.2) is 59.1 Å². The van der Waals surface area contributed by atoms with Crippen LogP contribution in [0.3, 0.4) is 0 Å². The first-order chi connectivity index (χ1) is 15.4. The number of hydrogen-bond acceptors (Lipinski definition) is 3. The molecule has 1 aromatic carbocycles. The van der Waals surface area contributed by atoms with Crippen molar-refractivity contribution in [1.29, 1.82) is 0 Å². The molecule has 166 valence electrons. The van der Waals surface area contributed by atoms with E-state index in [1.807, 2.05) is 43.4 Å². The van der Waals surface area contributed by atoms with Gasteiger partial charge in [0, 0.05) is 43.6 Å². The number of aliphatic imine (C=N–C) groups is 1. The van der Waals surface area contributed by atoms with E-state index in [0.29, 0.717) is 27.9 Å². The Morgan fingerprint density at radius 1 is 1.38 bits per heavy atom. The fraction of sp³-hybridized carbons (Fsp3) is 0.360. The number of likely N-dealkylation sites (N-methyl/N-ethyl adjacent to an activating group) is 1. The Morgan fingerprint density at radius 3 is 2.75 bits per heavy atom. The lowest BCUT2D eigenvalue weighted by molar-refractivity contribution is 0.173. The van der Waals surface area contributed by atoms with Gasteiger partial charge < -0.3 is 15.6 Å². The number of nitrogens with two attached hydrogens (primary N) is 1. The molecule has 0 radical (unpaired) electrons. The topological polar surface area (TPSA) is 79.4 Å². The summed E-state index contributed by atoms with van der Waals surface area (Å²) in [6.45, 7) is 4.26. The number of amidine groups is 1. The molecule has 7 heteroatoms. The predicted octanol–water partition coefficient (Wildman–Crippen LogP) is 4.35. The van der Waals surface area contributed by atoms with Crippen LogP contribution in [-0.4, -0.2) is 34.4 Å². The van der Waals surface area contributed by atoms with Gasteiger partial charge in [-0.15, -0.1) is 0 Å². The van der Waals surface area contributed by atoms with Gasteiger partial charge in [-0.3, -0.25) is 14.4 Å². The first-order valence-electron chi connectivity index (χ1n) is 10.9. The molecule has 2 aromatic heterocycles. The van der Waals surface area contributed by atoms with E-state index in [4.69, 9.17) is 17.3 Å². The molecule has 0 atom stereocenters. The van der Waals surface area contributed by atoms with Crippen molar-refractivity contribution in [2.75, 3.05) is 14.1 Å². The van der Waals surface area contributed by atoms with Crippen LogP contribution in [0.4, 0.5) is 0 Å². The van der Waals surface area contributed by atoms with Gasteiger partial charge >= 0.3 is 0 Å². The molecule has 0 amide bonds. The molecule has 2 saturated carbocycles. The molecule has 2 fully saturated rings. The van der Waals surface area contributed by atoms with E-state index in [0.717, 1.165) is 30.1 Å². The zero-order valence-electron chi connectivity index (χ0n) is 18.5. The summed E-state index contributed by atoms with van der Waals surface area (Å²) in [4.78, 5) is 23.1. The summed E-state index contributed by atoms with van der Waals surface area (Å²) < 4.78 is 1.62. The minimum atomic E-state index is -0.180. The molecule has 5 rings (SSSR count). The molecule has 0 unspecified atom stereocenters. The molecular formula is C25H28ClN5O. The van der Waals surface area contributed by atoms with E-state index in [2.05, 4.69) is 28.7 Å². The SMILES string of the molecule is C=CN(C)C(=NC)C1(c2cccc(-n3cc(Cl)c4cc(CN)[nH]c4c3=O)c2)CC2(CC2)C1. The lowest BCUT2D eigenvalue weighted by Gasteiger charge is -2.51. The van der Waals surface area contributed by atoms with E-state index < -0.39 is 0 Å². The van der Waals surface area contributed by atoms with Crippen molar-refractivity contribution in [2.24, 2.45) is 16.1 Å². The van der Waals surface area contributed by atoms with Gasteiger partial charge in [0.1, 0.15) is 11.4 Å². The highest BCUT2D eigenvalue weighted by Gasteiger charge is 2.63. The lowest BCUT2D eigenvalue weighted by atomic mass is 9.55. The third-order valence-corrected chi connectivity index (χ3v) is 7.56. The molecule has 6 nitrogen and oxygen atoms in total. The molecule has 2 heterocycles. The predicted molar refractivity (Wildman–Crippen MR) is 131 cm³/mol. The zero-order valence-corrected chi connectivity index (χ0v) is 19.2. The molecule has 3 N–H and O–H groups in total. The van der Waals surface area contributed by atoms with E-state index in [1.54, 1.807) is 10.8 Å². The quantitative estimate of drug-likeness (QED) is 0.449. The molecule has 0 saturated heterocycles. The maximum atomic E-state index is 13.3. The summed E-state index contributed by atoms with van der Waals surface area (Å²) in [5.74, 6) is 1.01. The summed E-state index contributed by atoms with van der Waals surface area (Å²) in [6, 6.07) is 10.0. The summed E-state index contributed by atoms with van der Waals surface area (Å²) in [7, 11) is 3.84. The number of halogens is 1. The molecule has 1 spiro atoms. The van der Waals surface area contributed by atoms with Crippen LogP contribution in [0.1, 0.15) is 36.9 Å². The fourth-order valence-corrected chi connectivity index (χ4v) is 5.78. The van der Waals surface area contributed by atoms with E-state index in [1.165, 1.54) is 18.4 Å². The third-order valence-electron chi connectivity index (χ3n) is 7.26. The van der Waals surface area contributed by atoms with Crippen molar-refractivity contribution >= 4 is 28.3 Å². The Morgan fingerprint density at radius 2 is 2.12 bits per heavy atom. The second-order valence-corrected chi connectivity index (χ2v) is 9.67. The molecule has 32 heavy (non-hydrogen) atoms. The van der Waals surface area contributed by atoms with E-state index in [9.17, 15) is 4.79 Å². The maximum absolute atomic E-state index is 13.3. The van der Waals surface area contributed by atoms with Crippen LogP contribution in [0, 0.1) is 5.41 Å². The standard InChI is InChI=1S/C25H28ClN5O/c1-4-30(3)23(28-2)25(14-24(15-25)8-9-24)16-6-5-7-18(10-16)31-13-20(26)19-11-17(12-27)29-21(19)22(31)32/h4-7,10-11,13,29H,1,8-9,12,14-15,27H2,2-3H3. The van der Waals surface area contributed by atoms with Crippen LogP contribution < -0.4 is 11.3 Å². The normalized spacial score (nSPS) is 18.6. The number of benzene rings is 1. The number of hydrogen-bond donors (Lipinski definition) is 2. The average Bonchev–Trinajstić information content (AvgIpc) is 3.44. The van der Waals surface area contributed by atoms with Crippen LogP contribution >= 0.6 is 11.6 Å². The van der Waals surface area contributed by atoms with Crippen LogP contribution in [0.25, 0.3) is 16.6 Å². The Balaban J connectivity index is 1.64. The van der Waals surface area contributed by atoms with Gasteiger partial charge in [0.05, 0.1) is 10.4 Å². The van der Waals surface area contributed by atoms with Crippen molar-refractivity contribution in [3.63, 3.8) is 0 Å². The Bertz CT molecular complexity index is 1310. The molecule has 0 bridgehead atoms. The zero-order chi connectivity index (χ0) is 22.7. The van der Waals surface area contributed by atoms with Crippen molar-refractivity contribution in [1.82, 2.24) is 14.5 Å². The first kappa shape index (κ1) is 21.0. The van der Waals surface area contributed by atoms with Gasteiger partial charge in [-0.05, 0) is 61.1 Å². The summed E-state index contributed by atoms with van der Waals surface area (Å²) in [5, 5.41) is 1.21. The van der Waals surface area contributed by atoms with Gasteiger partial charge in [-0.25, -0.2) is 0 Å². The Kier molecular flexibility index (Phi) is 4.84. The van der Waals surface area contributed by atoms with Gasteiger partial charge in [0.15, 0.2) is 0 Å². The van der Waals surface area contributed by atoms with Crippen LogP contribution in [0.5, 0.6) is 0 Å². The molecule has 2 aliphatic rings. The second kappa shape index (κ2) is 7.36. The Labute approximate surface area is 192 Å². The number of fused-ring (bicyclic) bond motifs is 1. The monoisotopic (exact) mass is 449 g/mol. The first-order valence-corrected chi connectivity index (χ1v) is 11.3. The second-order valence-electron chi connectivity index (χ2n) is 9.27. The molecule has 2 aliphatic carbocycles. The van der Waals surface area contributed by atoms with Gasteiger partial charge in [-0.2, -0.15) is 0 Å². The molecule has 0 aliphatic heterocycles. The van der Waals surface area contributed by atoms with Crippen molar-refractivity contribution in [3.05, 3.63) is 75.9 Å². The molecular weight excluding hydrogens is 422 g/mol. The Hall–Kier alpha value is -2.83. The van der Waals surface area contributed by atoms with E-state index >= 15 is 0 Å². The van der Waals surface area contributed by atoms with Crippen molar-refractivity contribution < 1.29 is 0 Å². The summed E-state index contributed by atoms with van der Waals surface area (Å²) in [6.07, 6.45) is 8.21. The third kappa shape index (κ3) is 3.05. The van der Waals surface area contributed by atoms with Crippen LogP contribution in [0.2, 0.25) is 5.02 Å². The highest BCUT2D eigenvalue weighted by atomic mass is 35.5. The number of nitrogens with one attached hydrogen (secondary N) is 1. The smallest absolute Gasteiger partial charge is 0.279 e. The summed E-state index contributed by atoms with van der Waals surface area (Å²) in [5.41, 5.74) is 9.09. The average molecular weight is 450 g/mol. The van der Waals surface area contributed by atoms with E-state index in [-0.39, 0.29) is 11.0 Å². The van der Waals surface area contributed by atoms with Crippen LogP contribution in [-0.2, 0) is 12.0 Å².